The van der Waals surface area contributed by atoms with Crippen LogP contribution >= 0.6 is 0 Å². The Kier molecular flexibility index (Phi) is 6.06. The average molecular weight is 332 g/mol. The molecule has 132 valence electrons. The second kappa shape index (κ2) is 8.04. The van der Waals surface area contributed by atoms with Crippen molar-refractivity contribution >= 4 is 17.6 Å². The van der Waals surface area contributed by atoms with Gasteiger partial charge in [0, 0.05) is 38.8 Å². The summed E-state index contributed by atoms with van der Waals surface area (Å²) in [5.41, 5.74) is 1.08. The van der Waals surface area contributed by atoms with Crippen molar-refractivity contribution in [2.45, 2.75) is 27.2 Å². The fraction of sp³-hybridized carbons (Fsp3) is 0.556. The summed E-state index contributed by atoms with van der Waals surface area (Å²) < 4.78 is 5.74. The number of ether oxygens (including phenoxy) is 1. The molecular formula is C18H28N4O2. The summed E-state index contributed by atoms with van der Waals surface area (Å²) >= 11 is 0. The van der Waals surface area contributed by atoms with Gasteiger partial charge in [0.1, 0.15) is 12.4 Å². The number of hydrogen-bond acceptors (Lipinski definition) is 3. The molecule has 1 aliphatic rings. The number of likely N-dealkylation sites (tertiary alicyclic amines) is 1. The fourth-order valence-electron chi connectivity index (χ4n) is 2.82. The molecule has 24 heavy (non-hydrogen) atoms. The van der Waals surface area contributed by atoms with E-state index >= 15 is 0 Å². The van der Waals surface area contributed by atoms with Crippen LogP contribution in [0.4, 0.5) is 5.69 Å². The first kappa shape index (κ1) is 18.1. The van der Waals surface area contributed by atoms with Crippen LogP contribution in [0.15, 0.2) is 29.3 Å². The summed E-state index contributed by atoms with van der Waals surface area (Å²) in [5, 5.41) is 6.09. The Hall–Kier alpha value is -2.24. The number of amides is 1. The molecule has 0 radical (unpaired) electrons. The van der Waals surface area contributed by atoms with Gasteiger partial charge >= 0.3 is 0 Å². The molecule has 1 aromatic rings. The van der Waals surface area contributed by atoms with Crippen molar-refractivity contribution in [3.05, 3.63) is 24.3 Å². The van der Waals surface area contributed by atoms with Gasteiger partial charge in [-0.1, -0.05) is 19.9 Å². The molecule has 0 unspecified atom stereocenters. The van der Waals surface area contributed by atoms with Crippen molar-refractivity contribution in [2.24, 2.45) is 10.4 Å². The van der Waals surface area contributed by atoms with Gasteiger partial charge in [-0.2, -0.15) is 0 Å². The molecular weight excluding hydrogens is 304 g/mol. The molecule has 1 aliphatic heterocycles. The Morgan fingerprint density at radius 1 is 1.42 bits per heavy atom. The van der Waals surface area contributed by atoms with E-state index in [1.807, 2.05) is 31.3 Å². The van der Waals surface area contributed by atoms with E-state index < -0.39 is 0 Å². The van der Waals surface area contributed by atoms with Gasteiger partial charge in [0.15, 0.2) is 5.96 Å². The maximum Gasteiger partial charge on any atom is 0.221 e. The Labute approximate surface area is 144 Å². The Morgan fingerprint density at radius 2 is 2.21 bits per heavy atom. The van der Waals surface area contributed by atoms with Gasteiger partial charge in [0.05, 0.1) is 6.54 Å². The molecule has 0 atom stereocenters. The molecule has 6 nitrogen and oxygen atoms in total. The number of anilines is 1. The van der Waals surface area contributed by atoms with Crippen molar-refractivity contribution in [3.8, 4) is 5.75 Å². The number of aliphatic imine (C=N–C) groups is 1. The normalized spacial score (nSPS) is 16.8. The van der Waals surface area contributed by atoms with Crippen LogP contribution in [0.1, 0.15) is 27.2 Å². The lowest BCUT2D eigenvalue weighted by Gasteiger charge is -2.23. The van der Waals surface area contributed by atoms with Crippen LogP contribution in [0.2, 0.25) is 0 Å². The molecule has 6 heteroatoms. The van der Waals surface area contributed by atoms with E-state index in [4.69, 9.17) is 4.74 Å². The van der Waals surface area contributed by atoms with Crippen molar-refractivity contribution in [1.82, 2.24) is 10.2 Å². The first-order valence-electron chi connectivity index (χ1n) is 8.36. The third kappa shape index (κ3) is 5.44. The largest absolute Gasteiger partial charge is 0.492 e. The molecule has 2 N–H and O–H groups in total. The predicted molar refractivity (Wildman–Crippen MR) is 97.6 cm³/mol. The van der Waals surface area contributed by atoms with E-state index in [9.17, 15) is 4.79 Å². The van der Waals surface area contributed by atoms with Crippen LogP contribution in [0.3, 0.4) is 0 Å². The summed E-state index contributed by atoms with van der Waals surface area (Å²) in [4.78, 5) is 17.7. The number of benzene rings is 1. The minimum absolute atomic E-state index is 0.0915. The van der Waals surface area contributed by atoms with Crippen molar-refractivity contribution in [2.75, 3.05) is 38.6 Å². The van der Waals surface area contributed by atoms with Gasteiger partial charge in [-0.3, -0.25) is 9.79 Å². The maximum atomic E-state index is 11.1. The highest BCUT2D eigenvalue weighted by Crippen LogP contribution is 2.28. The molecule has 0 saturated carbocycles. The second-order valence-electron chi connectivity index (χ2n) is 6.87. The molecule has 1 fully saturated rings. The van der Waals surface area contributed by atoms with E-state index in [0.29, 0.717) is 18.6 Å². The van der Waals surface area contributed by atoms with Crippen LogP contribution in [0.5, 0.6) is 5.75 Å². The molecule has 2 rings (SSSR count). The maximum absolute atomic E-state index is 11.1. The lowest BCUT2D eigenvalue weighted by Crippen LogP contribution is -2.42. The summed E-state index contributed by atoms with van der Waals surface area (Å²) in [5.74, 6) is 1.57. The standard InChI is InChI=1S/C18H28N4O2/c1-14(23)21-15-6-5-7-16(12-15)24-11-9-20-17(19-4)22-10-8-18(2,3)13-22/h5-7,12H,8-11,13H2,1-4H3,(H,19,20)(H,21,23). The molecule has 1 amide bonds. The van der Waals surface area contributed by atoms with E-state index in [2.05, 4.69) is 34.4 Å². The zero-order valence-electron chi connectivity index (χ0n) is 15.1. The molecule has 1 aromatic carbocycles. The van der Waals surface area contributed by atoms with Crippen LogP contribution in [0.25, 0.3) is 0 Å². The van der Waals surface area contributed by atoms with E-state index in [1.54, 1.807) is 0 Å². The monoisotopic (exact) mass is 332 g/mol. The quantitative estimate of drug-likeness (QED) is 0.493. The van der Waals surface area contributed by atoms with Gasteiger partial charge in [-0.15, -0.1) is 0 Å². The third-order valence-corrected chi connectivity index (χ3v) is 4.00. The molecule has 0 aliphatic carbocycles. The molecule has 1 heterocycles. The highest BCUT2D eigenvalue weighted by molar-refractivity contribution is 5.88. The van der Waals surface area contributed by atoms with Crippen LogP contribution in [-0.2, 0) is 4.79 Å². The first-order valence-corrected chi connectivity index (χ1v) is 8.36. The topological polar surface area (TPSA) is 66.0 Å². The number of rotatable bonds is 5. The minimum atomic E-state index is -0.0915. The van der Waals surface area contributed by atoms with Crippen LogP contribution in [0, 0.1) is 5.41 Å². The van der Waals surface area contributed by atoms with Crippen molar-refractivity contribution in [1.29, 1.82) is 0 Å². The van der Waals surface area contributed by atoms with Crippen LogP contribution < -0.4 is 15.4 Å². The second-order valence-corrected chi connectivity index (χ2v) is 6.87. The SMILES string of the molecule is CN=C(NCCOc1cccc(NC(C)=O)c1)N1CCC(C)(C)C1. The predicted octanol–water partition coefficient (Wildman–Crippen LogP) is 2.33. The summed E-state index contributed by atoms with van der Waals surface area (Å²) in [6.07, 6.45) is 1.18. The minimum Gasteiger partial charge on any atom is -0.492 e. The Balaban J connectivity index is 1.77. The highest BCUT2D eigenvalue weighted by atomic mass is 16.5. The number of carbonyl (C=O) groups is 1. The number of hydrogen-bond donors (Lipinski definition) is 2. The zero-order chi connectivity index (χ0) is 17.6. The van der Waals surface area contributed by atoms with Crippen LogP contribution in [-0.4, -0.2) is 50.1 Å². The zero-order valence-corrected chi connectivity index (χ0v) is 15.1. The number of guanidine groups is 1. The number of carbonyl (C=O) groups excluding carboxylic acids is 1. The summed E-state index contributed by atoms with van der Waals surface area (Å²) in [7, 11) is 1.81. The molecule has 0 spiro atoms. The van der Waals surface area contributed by atoms with Gasteiger partial charge in [0.2, 0.25) is 5.91 Å². The van der Waals surface area contributed by atoms with Gasteiger partial charge < -0.3 is 20.3 Å². The van der Waals surface area contributed by atoms with Gasteiger partial charge in [-0.25, -0.2) is 0 Å². The highest BCUT2D eigenvalue weighted by Gasteiger charge is 2.30. The molecule has 0 aromatic heterocycles. The Bertz CT molecular complexity index is 598. The van der Waals surface area contributed by atoms with Crippen molar-refractivity contribution < 1.29 is 9.53 Å². The first-order chi connectivity index (χ1) is 11.4. The average Bonchev–Trinajstić information content (AvgIpc) is 2.87. The lowest BCUT2D eigenvalue weighted by molar-refractivity contribution is -0.114. The Morgan fingerprint density at radius 3 is 2.83 bits per heavy atom. The molecule has 1 saturated heterocycles. The van der Waals surface area contributed by atoms with E-state index in [0.717, 1.165) is 30.5 Å². The van der Waals surface area contributed by atoms with E-state index in [-0.39, 0.29) is 5.91 Å². The number of nitrogens with zero attached hydrogens (tertiary/aromatic N) is 2. The van der Waals surface area contributed by atoms with Gasteiger partial charge in [-0.05, 0) is 24.0 Å². The summed E-state index contributed by atoms with van der Waals surface area (Å²) in [6.45, 7) is 9.31. The third-order valence-electron chi connectivity index (χ3n) is 4.00. The number of nitrogens with one attached hydrogen (secondary N) is 2. The lowest BCUT2D eigenvalue weighted by atomic mass is 9.93. The molecule has 0 bridgehead atoms. The summed E-state index contributed by atoms with van der Waals surface area (Å²) in [6, 6.07) is 7.39. The van der Waals surface area contributed by atoms with E-state index in [1.165, 1.54) is 13.3 Å². The van der Waals surface area contributed by atoms with Crippen molar-refractivity contribution in [3.63, 3.8) is 0 Å². The van der Waals surface area contributed by atoms with Gasteiger partial charge in [0.25, 0.3) is 0 Å². The fourth-order valence-corrected chi connectivity index (χ4v) is 2.82. The smallest absolute Gasteiger partial charge is 0.221 e.